The molecule has 1 saturated heterocycles. The Morgan fingerprint density at radius 2 is 1.93 bits per heavy atom. The lowest BCUT2D eigenvalue weighted by atomic mass is 9.95. The summed E-state index contributed by atoms with van der Waals surface area (Å²) in [7, 11) is 0. The molecule has 1 spiro atoms. The molecule has 1 saturated carbocycles. The van der Waals surface area contributed by atoms with Crippen molar-refractivity contribution >= 4 is 22.8 Å². The molecule has 1 aromatic carbocycles. The minimum Gasteiger partial charge on any atom is -0.339 e. The second kappa shape index (κ2) is 6.76. The summed E-state index contributed by atoms with van der Waals surface area (Å²) in [5.74, 6) is 2.19. The van der Waals surface area contributed by atoms with Gasteiger partial charge >= 0.3 is 0 Å². The summed E-state index contributed by atoms with van der Waals surface area (Å²) in [5.41, 5.74) is 6.65. The third-order valence-corrected chi connectivity index (χ3v) is 6.29. The van der Waals surface area contributed by atoms with Crippen LogP contribution in [0.5, 0.6) is 0 Å². The van der Waals surface area contributed by atoms with E-state index < -0.39 is 0 Å². The smallest absolute Gasteiger partial charge is 0.181 e. The molecule has 1 aliphatic carbocycles. The van der Waals surface area contributed by atoms with E-state index >= 15 is 0 Å². The second-order valence-electron chi connectivity index (χ2n) is 9.41. The maximum Gasteiger partial charge on any atom is 0.181 e. The number of imidazole rings is 1. The first kappa shape index (κ1) is 19.0. The summed E-state index contributed by atoms with van der Waals surface area (Å²) in [6.07, 6.45) is 3.85. The van der Waals surface area contributed by atoms with Crippen LogP contribution in [0.1, 0.15) is 68.9 Å². The lowest BCUT2D eigenvalue weighted by Crippen LogP contribution is -2.55. The maximum absolute atomic E-state index is 6.05. The highest BCUT2D eigenvalue weighted by molar-refractivity contribution is 6.30. The normalized spacial score (nSPS) is 24.3. The Labute approximate surface area is 175 Å². The molecule has 0 amide bonds. The van der Waals surface area contributed by atoms with Gasteiger partial charge in [-0.2, -0.15) is 5.48 Å². The van der Waals surface area contributed by atoms with Crippen LogP contribution in [0.2, 0.25) is 5.02 Å². The van der Waals surface area contributed by atoms with Gasteiger partial charge in [0.15, 0.2) is 5.65 Å². The Morgan fingerprint density at radius 1 is 1.17 bits per heavy atom. The Kier molecular flexibility index (Phi) is 4.42. The molecule has 29 heavy (non-hydrogen) atoms. The zero-order chi connectivity index (χ0) is 20.2. The summed E-state index contributed by atoms with van der Waals surface area (Å²) in [4.78, 5) is 23.9. The molecule has 2 unspecified atom stereocenters. The van der Waals surface area contributed by atoms with E-state index in [1.165, 1.54) is 5.56 Å². The number of benzene rings is 1. The minimum absolute atomic E-state index is 0.00196. The van der Waals surface area contributed by atoms with Gasteiger partial charge in [-0.05, 0) is 37.0 Å². The fourth-order valence-corrected chi connectivity index (χ4v) is 4.40. The maximum atomic E-state index is 6.05. The lowest BCUT2D eigenvalue weighted by molar-refractivity contribution is -0.200. The van der Waals surface area contributed by atoms with Crippen LogP contribution in [0.3, 0.4) is 0 Å². The number of nitrogens with zero attached hydrogens (tertiary/aromatic N) is 3. The first-order valence-electron chi connectivity index (χ1n) is 10.2. The van der Waals surface area contributed by atoms with Crippen LogP contribution in [0.15, 0.2) is 24.3 Å². The molecular weight excluding hydrogens is 386 g/mol. The summed E-state index contributed by atoms with van der Waals surface area (Å²) in [6, 6.07) is 7.93. The largest absolute Gasteiger partial charge is 0.339 e. The van der Waals surface area contributed by atoms with Crippen molar-refractivity contribution in [2.75, 3.05) is 6.54 Å². The van der Waals surface area contributed by atoms with Crippen molar-refractivity contribution in [1.82, 2.24) is 25.4 Å². The highest BCUT2D eigenvalue weighted by Gasteiger charge is 2.47. The van der Waals surface area contributed by atoms with Gasteiger partial charge in [0.25, 0.3) is 0 Å². The van der Waals surface area contributed by atoms with E-state index in [1.54, 1.807) is 0 Å². The van der Waals surface area contributed by atoms with Gasteiger partial charge in [0.05, 0.1) is 12.2 Å². The van der Waals surface area contributed by atoms with E-state index in [0.717, 1.165) is 59.3 Å². The topological polar surface area (TPSA) is 75.7 Å². The standard InChI is InChI=1S/C22H26ClN5O/c1-21(2,3)20-25-16(10-13-4-6-15(23)7-5-13)17-19(28-20)27-18(26-17)14-8-9-22(11-14)12-24-29-22/h4-7,14,24H,8-12H2,1-3H3,(H,25,26,27,28). The van der Waals surface area contributed by atoms with Gasteiger partial charge in [-0.15, -0.1) is 0 Å². The van der Waals surface area contributed by atoms with E-state index in [1.807, 2.05) is 24.3 Å². The molecule has 2 N–H and O–H groups in total. The van der Waals surface area contributed by atoms with Gasteiger partial charge in [0, 0.05) is 22.8 Å². The number of aromatic nitrogens is 4. The van der Waals surface area contributed by atoms with Crippen LogP contribution in [-0.4, -0.2) is 32.1 Å². The fraction of sp³-hybridized carbons (Fsp3) is 0.500. The molecule has 2 fully saturated rings. The lowest BCUT2D eigenvalue weighted by Gasteiger charge is -2.38. The molecule has 5 rings (SSSR count). The molecule has 2 aliphatic rings. The molecule has 2 aromatic heterocycles. The molecule has 1 aliphatic heterocycles. The molecular formula is C22H26ClN5O. The Bertz CT molecular complexity index is 1050. The molecule has 2 atom stereocenters. The Morgan fingerprint density at radius 3 is 2.55 bits per heavy atom. The van der Waals surface area contributed by atoms with Crippen molar-refractivity contribution in [3.63, 3.8) is 0 Å². The first-order chi connectivity index (χ1) is 13.8. The second-order valence-corrected chi connectivity index (χ2v) is 9.85. The molecule has 3 aromatic rings. The van der Waals surface area contributed by atoms with Crippen LogP contribution in [0.25, 0.3) is 11.2 Å². The van der Waals surface area contributed by atoms with Gasteiger partial charge in [0.1, 0.15) is 22.8 Å². The summed E-state index contributed by atoms with van der Waals surface area (Å²) >= 11 is 6.05. The van der Waals surface area contributed by atoms with E-state index in [-0.39, 0.29) is 11.0 Å². The fourth-order valence-electron chi connectivity index (χ4n) is 4.28. The van der Waals surface area contributed by atoms with E-state index in [4.69, 9.17) is 31.4 Å². The number of hydrogen-bond donors (Lipinski definition) is 2. The van der Waals surface area contributed by atoms with Crippen LogP contribution >= 0.6 is 11.6 Å². The Hall–Kier alpha value is -2.02. The van der Waals surface area contributed by atoms with Gasteiger partial charge in [-0.3, -0.25) is 4.84 Å². The first-order valence-corrected chi connectivity index (χ1v) is 10.6. The number of fused-ring (bicyclic) bond motifs is 1. The van der Waals surface area contributed by atoms with Crippen molar-refractivity contribution in [1.29, 1.82) is 0 Å². The number of nitrogens with one attached hydrogen (secondary N) is 2. The molecule has 0 bridgehead atoms. The zero-order valence-electron chi connectivity index (χ0n) is 17.1. The molecule has 7 heteroatoms. The minimum atomic E-state index is -0.148. The average Bonchev–Trinajstić information content (AvgIpc) is 3.27. The Balaban J connectivity index is 1.54. The summed E-state index contributed by atoms with van der Waals surface area (Å²) < 4.78 is 0. The third kappa shape index (κ3) is 3.54. The highest BCUT2D eigenvalue weighted by atomic mass is 35.5. The highest BCUT2D eigenvalue weighted by Crippen LogP contribution is 2.44. The summed E-state index contributed by atoms with van der Waals surface area (Å²) in [6.45, 7) is 7.33. The SMILES string of the molecule is CC(C)(C)c1nc(Cc2ccc(Cl)cc2)c2[nH]c(C3CCC4(CNO4)C3)nc2n1. The van der Waals surface area contributed by atoms with E-state index in [2.05, 4.69) is 31.2 Å². The molecule has 0 radical (unpaired) electrons. The number of hydroxylamine groups is 1. The quantitative estimate of drug-likeness (QED) is 0.666. The van der Waals surface area contributed by atoms with Crippen LogP contribution in [0, 0.1) is 0 Å². The molecule has 6 nitrogen and oxygen atoms in total. The number of rotatable bonds is 3. The zero-order valence-corrected chi connectivity index (χ0v) is 17.8. The van der Waals surface area contributed by atoms with Crippen molar-refractivity contribution in [2.24, 2.45) is 0 Å². The number of halogens is 1. The average molecular weight is 412 g/mol. The van der Waals surface area contributed by atoms with Crippen molar-refractivity contribution in [3.8, 4) is 0 Å². The summed E-state index contributed by atoms with van der Waals surface area (Å²) in [5, 5.41) is 0.739. The number of aromatic amines is 1. The third-order valence-electron chi connectivity index (χ3n) is 6.04. The van der Waals surface area contributed by atoms with Crippen molar-refractivity contribution in [2.45, 2.75) is 63.4 Å². The van der Waals surface area contributed by atoms with Gasteiger partial charge in [-0.1, -0.05) is 44.5 Å². The van der Waals surface area contributed by atoms with E-state index in [0.29, 0.717) is 12.3 Å². The molecule has 152 valence electrons. The molecule has 3 heterocycles. The number of hydrogen-bond acceptors (Lipinski definition) is 5. The van der Waals surface area contributed by atoms with Crippen LogP contribution < -0.4 is 5.48 Å². The monoisotopic (exact) mass is 411 g/mol. The van der Waals surface area contributed by atoms with Crippen LogP contribution in [-0.2, 0) is 16.7 Å². The predicted octanol–water partition coefficient (Wildman–Crippen LogP) is 4.44. The predicted molar refractivity (Wildman–Crippen MR) is 113 cm³/mol. The van der Waals surface area contributed by atoms with Gasteiger partial charge < -0.3 is 4.98 Å². The van der Waals surface area contributed by atoms with Crippen LogP contribution in [0.4, 0.5) is 0 Å². The van der Waals surface area contributed by atoms with E-state index in [9.17, 15) is 0 Å². The van der Waals surface area contributed by atoms with Gasteiger partial charge in [0.2, 0.25) is 0 Å². The van der Waals surface area contributed by atoms with Gasteiger partial charge in [-0.25, -0.2) is 15.0 Å². The number of H-pyrrole nitrogens is 1. The van der Waals surface area contributed by atoms with Crippen molar-refractivity contribution < 1.29 is 4.84 Å². The van der Waals surface area contributed by atoms with Crippen molar-refractivity contribution in [3.05, 3.63) is 52.2 Å².